The molecule has 0 aliphatic carbocycles. The topological polar surface area (TPSA) is 373 Å². The summed E-state index contributed by atoms with van der Waals surface area (Å²) in [5.41, 5.74) is 0. The van der Waals surface area contributed by atoms with Crippen LogP contribution in [0.25, 0.3) is 0 Å². The highest BCUT2D eigenvalue weighted by Crippen LogP contribution is 2.35. The first kappa shape index (κ1) is 73.7. The number of ether oxygens (including phenoxy) is 6. The number of rotatable bonds is 45. The maximum atomic E-state index is 13.4. The van der Waals surface area contributed by atoms with Crippen LogP contribution in [0.5, 0.6) is 0 Å². The Morgan fingerprint density at radius 1 is 0.561 bits per heavy atom. The third-order valence-corrected chi connectivity index (χ3v) is 16.0. The lowest BCUT2D eigenvalue weighted by atomic mass is 9.87. The van der Waals surface area contributed by atoms with Crippen LogP contribution in [0.3, 0.4) is 0 Å². The summed E-state index contributed by atoms with van der Waals surface area (Å²) in [5.74, 6) is -2.92. The number of amides is 2. The Morgan fingerprint density at radius 3 is 1.55 bits per heavy atom. The summed E-state index contributed by atoms with van der Waals surface area (Å²) in [6.45, 7) is 2.19. The van der Waals surface area contributed by atoms with E-state index in [4.69, 9.17) is 28.4 Å². The van der Waals surface area contributed by atoms with E-state index in [0.717, 1.165) is 51.9 Å². The number of aliphatic hydroxyl groups is 11. The van der Waals surface area contributed by atoms with Crippen LogP contribution in [0.1, 0.15) is 201 Å². The largest absolute Gasteiger partial charge is 0.479 e. The Morgan fingerprint density at radius 2 is 1.06 bits per heavy atom. The van der Waals surface area contributed by atoms with Crippen LogP contribution in [-0.2, 0) is 42.8 Å². The molecule has 23 heteroatoms. The Labute approximate surface area is 486 Å². The Hall–Kier alpha value is -2.53. The van der Waals surface area contributed by atoms with Gasteiger partial charge in [-0.2, -0.15) is 0 Å². The lowest BCUT2D eigenvalue weighted by Crippen LogP contribution is -2.71. The number of carbonyl (C=O) groups excluding carboxylic acids is 2. The van der Waals surface area contributed by atoms with E-state index in [-0.39, 0.29) is 12.3 Å². The summed E-state index contributed by atoms with van der Waals surface area (Å²) in [7, 11) is 0. The summed E-state index contributed by atoms with van der Waals surface area (Å²) in [6, 6.07) is -2.73. The maximum absolute atomic E-state index is 13.4. The zero-order valence-corrected chi connectivity index (χ0v) is 49.3. The SMILES string of the molecule is CCCCCCCCCCCCC/C=C/[C@H](O)[C@H](CO[C@@H]1O[C@H](CO)[C@@H](O[C@@H]2O[C@H](CO)[C@H](O)[C@H](O[C@H]3[C@H](O)[C@@H](NC(C)=O)[C@H]([C@H](O)[C@H](O)CO)O[C@H]3C(=O)O)[C@H]2O)[C@H](O)[C@H]1O)NC(=O)CCCCCCCCCCCCCCCCC. The van der Waals surface area contributed by atoms with Crippen LogP contribution in [0.4, 0.5) is 0 Å². The predicted molar refractivity (Wildman–Crippen MR) is 302 cm³/mol. The van der Waals surface area contributed by atoms with E-state index in [9.17, 15) is 75.7 Å². The van der Waals surface area contributed by atoms with Gasteiger partial charge in [-0.15, -0.1) is 0 Å². The first-order chi connectivity index (χ1) is 39.4. The Bertz CT molecular complexity index is 1720. The minimum atomic E-state index is -2.22. The third-order valence-electron chi connectivity index (χ3n) is 16.0. The number of carboxylic acid groups (broad SMARTS) is 1. The van der Waals surface area contributed by atoms with Crippen molar-refractivity contribution in [2.24, 2.45) is 0 Å². The van der Waals surface area contributed by atoms with Gasteiger partial charge in [0.25, 0.3) is 0 Å². The van der Waals surface area contributed by atoms with Crippen molar-refractivity contribution in [3.63, 3.8) is 0 Å². The second-order valence-corrected chi connectivity index (χ2v) is 22.8. The Balaban J connectivity index is 1.66. The van der Waals surface area contributed by atoms with Gasteiger partial charge in [-0.1, -0.05) is 180 Å². The highest BCUT2D eigenvalue weighted by Gasteiger charge is 2.57. The fourth-order valence-electron chi connectivity index (χ4n) is 11.0. The van der Waals surface area contributed by atoms with Gasteiger partial charge in [0.1, 0.15) is 79.4 Å². The number of allylic oxidation sites excluding steroid dienone is 1. The molecule has 0 unspecified atom stereocenters. The summed E-state index contributed by atoms with van der Waals surface area (Å²) in [4.78, 5) is 38.1. The highest BCUT2D eigenvalue weighted by atomic mass is 16.7. The molecule has 0 radical (unpaired) electrons. The van der Waals surface area contributed by atoms with Gasteiger partial charge in [0.2, 0.25) is 11.8 Å². The molecule has 3 rings (SSSR count). The van der Waals surface area contributed by atoms with Crippen molar-refractivity contribution in [2.75, 3.05) is 26.4 Å². The van der Waals surface area contributed by atoms with Gasteiger partial charge in [-0.05, 0) is 19.3 Å². The minimum absolute atomic E-state index is 0.208. The fraction of sp³-hybridized carbons (Fsp3) is 0.915. The Kier molecular flexibility index (Phi) is 38.1. The molecule has 3 saturated heterocycles. The number of nitrogens with one attached hydrogen (secondary N) is 2. The quantitative estimate of drug-likeness (QED) is 0.0308. The predicted octanol–water partition coefficient (Wildman–Crippen LogP) is 2.82. The lowest BCUT2D eigenvalue weighted by Gasteiger charge is -2.49. The van der Waals surface area contributed by atoms with Crippen molar-refractivity contribution in [3.05, 3.63) is 12.2 Å². The number of carbonyl (C=O) groups is 3. The maximum Gasteiger partial charge on any atom is 0.335 e. The molecule has 23 nitrogen and oxygen atoms in total. The van der Waals surface area contributed by atoms with Crippen molar-refractivity contribution in [3.8, 4) is 0 Å². The number of aliphatic carboxylic acids is 1. The van der Waals surface area contributed by atoms with Crippen molar-refractivity contribution in [2.45, 2.75) is 317 Å². The molecular weight excluding hydrogens is 1070 g/mol. The van der Waals surface area contributed by atoms with E-state index in [1.807, 2.05) is 6.08 Å². The smallest absolute Gasteiger partial charge is 0.335 e. The van der Waals surface area contributed by atoms with E-state index in [1.165, 1.54) is 116 Å². The van der Waals surface area contributed by atoms with Gasteiger partial charge in [0, 0.05) is 13.3 Å². The average Bonchev–Trinajstić information content (AvgIpc) is 3.65. The van der Waals surface area contributed by atoms with Crippen LogP contribution in [0, 0.1) is 0 Å². The van der Waals surface area contributed by atoms with Crippen molar-refractivity contribution >= 4 is 17.8 Å². The number of carboxylic acids is 1. The number of hydrogen-bond donors (Lipinski definition) is 14. The number of hydrogen-bond acceptors (Lipinski definition) is 20. The van der Waals surface area contributed by atoms with E-state index in [0.29, 0.717) is 12.8 Å². The molecule has 2 amide bonds. The van der Waals surface area contributed by atoms with E-state index in [2.05, 4.69) is 24.5 Å². The highest BCUT2D eigenvalue weighted by molar-refractivity contribution is 5.76. The van der Waals surface area contributed by atoms with Gasteiger partial charge in [-0.3, -0.25) is 9.59 Å². The van der Waals surface area contributed by atoms with E-state index in [1.54, 1.807) is 6.08 Å². The number of unbranched alkanes of at least 4 members (excludes halogenated alkanes) is 25. The van der Waals surface area contributed by atoms with Crippen LogP contribution in [0.15, 0.2) is 12.2 Å². The van der Waals surface area contributed by atoms with Crippen LogP contribution in [-0.4, -0.2) is 222 Å². The zero-order chi connectivity index (χ0) is 60.4. The third kappa shape index (κ3) is 25.8. The molecule has 480 valence electrons. The van der Waals surface area contributed by atoms with Gasteiger partial charge < -0.3 is 100 Å². The second-order valence-electron chi connectivity index (χ2n) is 22.8. The molecule has 3 heterocycles. The molecule has 3 aliphatic rings. The summed E-state index contributed by atoms with van der Waals surface area (Å²) in [5, 5.41) is 135. The monoisotopic (exact) mass is 1180 g/mol. The molecule has 3 aliphatic heterocycles. The summed E-state index contributed by atoms with van der Waals surface area (Å²) >= 11 is 0. The molecule has 0 saturated carbocycles. The second kappa shape index (κ2) is 42.3. The molecule has 19 atom stereocenters. The molecule has 0 aromatic carbocycles. The van der Waals surface area contributed by atoms with Gasteiger partial charge in [-0.25, -0.2) is 4.79 Å². The molecule has 0 aromatic heterocycles. The van der Waals surface area contributed by atoms with Crippen LogP contribution < -0.4 is 10.6 Å². The molecule has 14 N–H and O–H groups in total. The van der Waals surface area contributed by atoms with E-state index < -0.39 is 155 Å². The fourth-order valence-corrected chi connectivity index (χ4v) is 11.0. The standard InChI is InChI=1S/C59H108N2O21/c1-4-6-8-10-12-14-16-18-19-21-23-25-27-29-31-33-44(68)61-39(40(66)32-30-28-26-24-22-20-17-15-13-11-9-7-5-2)37-77-58-50(73)49(72)52(43(36-64)79-58)82-59-51(74)54(47(70)42(35-63)78-59)81-55-48(71)45(60-38(3)65)53(46(69)41(67)34-62)80-56(55)57(75)76/h30,32,39-43,45-56,58-59,62-64,66-67,69-74H,4-29,31,33-37H2,1-3H3,(H,60,65)(H,61,68)(H,75,76)/b32-30+/t39-,40-,41+,42+,43+,45+,46+,47-,48+,49+,50+,51+,52+,53+,54-,55-,56+,58+,59-/m0/s1. The van der Waals surface area contributed by atoms with Crippen molar-refractivity contribution in [1.29, 1.82) is 0 Å². The molecular formula is C59H108N2O21. The molecule has 0 aromatic rings. The van der Waals surface area contributed by atoms with Crippen molar-refractivity contribution < 1.29 is 104 Å². The summed E-state index contributed by atoms with van der Waals surface area (Å²) < 4.78 is 34.7. The minimum Gasteiger partial charge on any atom is -0.479 e. The van der Waals surface area contributed by atoms with Crippen LogP contribution in [0.2, 0.25) is 0 Å². The number of aliphatic hydroxyl groups excluding tert-OH is 11. The van der Waals surface area contributed by atoms with Crippen molar-refractivity contribution in [1.82, 2.24) is 10.6 Å². The van der Waals surface area contributed by atoms with E-state index >= 15 is 0 Å². The van der Waals surface area contributed by atoms with Crippen LogP contribution >= 0.6 is 0 Å². The molecule has 3 fully saturated rings. The van der Waals surface area contributed by atoms with Gasteiger partial charge >= 0.3 is 5.97 Å². The first-order valence-corrected chi connectivity index (χ1v) is 31.1. The summed E-state index contributed by atoms with van der Waals surface area (Å²) in [6.07, 6.45) is 3.04. The average molecular weight is 1180 g/mol. The molecule has 0 bridgehead atoms. The molecule has 0 spiro atoms. The molecule has 82 heavy (non-hydrogen) atoms. The lowest BCUT2D eigenvalue weighted by molar-refractivity contribution is -0.367. The zero-order valence-electron chi connectivity index (χ0n) is 49.3. The first-order valence-electron chi connectivity index (χ1n) is 31.1. The normalized spacial score (nSPS) is 30.2. The van der Waals surface area contributed by atoms with Gasteiger partial charge in [0.05, 0.1) is 44.6 Å². The van der Waals surface area contributed by atoms with Gasteiger partial charge in [0.15, 0.2) is 18.7 Å².